The predicted octanol–water partition coefficient (Wildman–Crippen LogP) is 6.38. The van der Waals surface area contributed by atoms with E-state index in [-0.39, 0.29) is 29.7 Å². The second-order valence-corrected chi connectivity index (χ2v) is 11.2. The van der Waals surface area contributed by atoms with Crippen LogP contribution in [0.1, 0.15) is 61.8 Å². The van der Waals surface area contributed by atoms with Crippen molar-refractivity contribution in [2.45, 2.75) is 64.2 Å². The van der Waals surface area contributed by atoms with Crippen molar-refractivity contribution in [2.24, 2.45) is 11.8 Å². The molecule has 40 heavy (non-hydrogen) atoms. The maximum Gasteiger partial charge on any atom is 0.490 e. The molecule has 4 rings (SSSR count). The number of carbonyl (C=O) groups is 2. The summed E-state index contributed by atoms with van der Waals surface area (Å²) in [5.74, 6) is -2.08. The minimum Gasteiger partial charge on any atom is -0.475 e. The quantitative estimate of drug-likeness (QED) is 0.413. The maximum absolute atomic E-state index is 13.8. The summed E-state index contributed by atoms with van der Waals surface area (Å²) >= 11 is 6.10. The van der Waals surface area contributed by atoms with E-state index >= 15 is 0 Å². The van der Waals surface area contributed by atoms with E-state index in [2.05, 4.69) is 55.3 Å². The molecule has 1 saturated carbocycles. The van der Waals surface area contributed by atoms with Crippen LogP contribution in [0.15, 0.2) is 48.5 Å². The Hall–Kier alpha value is -2.62. The van der Waals surface area contributed by atoms with Gasteiger partial charge >= 0.3 is 12.1 Å². The lowest BCUT2D eigenvalue weighted by atomic mass is 9.71. The number of benzene rings is 2. The molecule has 220 valence electrons. The number of nitrogens with one attached hydrogen (secondary N) is 1. The maximum atomic E-state index is 13.8. The van der Waals surface area contributed by atoms with E-state index in [1.807, 2.05) is 24.3 Å². The van der Waals surface area contributed by atoms with Gasteiger partial charge in [0, 0.05) is 30.1 Å². The van der Waals surface area contributed by atoms with Crippen molar-refractivity contribution in [2.75, 3.05) is 26.3 Å². The first-order valence-electron chi connectivity index (χ1n) is 13.6. The number of carboxylic acids is 1. The number of aryl methyl sites for hydroxylation is 1. The monoisotopic (exact) mass is 582 g/mol. The second kappa shape index (κ2) is 14.3. The van der Waals surface area contributed by atoms with Gasteiger partial charge in [0.25, 0.3) is 0 Å². The predicted molar refractivity (Wildman–Crippen MR) is 148 cm³/mol. The Morgan fingerprint density at radius 1 is 1.05 bits per heavy atom. The Balaban J connectivity index is 0.000000559. The number of carbonyl (C=O) groups excluding carboxylic acids is 1. The molecule has 1 aliphatic carbocycles. The lowest BCUT2D eigenvalue weighted by Gasteiger charge is -2.43. The number of halogens is 4. The number of nitrogens with zero attached hydrogens (tertiary/aromatic N) is 1. The zero-order valence-corrected chi connectivity index (χ0v) is 23.8. The molecule has 2 N–H and O–H groups in total. The van der Waals surface area contributed by atoms with Gasteiger partial charge in [-0.3, -0.25) is 9.69 Å². The van der Waals surface area contributed by atoms with E-state index in [0.29, 0.717) is 11.1 Å². The van der Waals surface area contributed by atoms with E-state index in [1.54, 1.807) is 0 Å². The molecule has 2 fully saturated rings. The lowest BCUT2D eigenvalue weighted by molar-refractivity contribution is -0.192. The van der Waals surface area contributed by atoms with Crippen LogP contribution in [-0.4, -0.2) is 60.4 Å². The van der Waals surface area contributed by atoms with Gasteiger partial charge in [0.1, 0.15) is 0 Å². The molecular formula is C30H38ClF3N2O4. The van der Waals surface area contributed by atoms with Crippen molar-refractivity contribution in [3.8, 4) is 0 Å². The minimum atomic E-state index is -5.08. The van der Waals surface area contributed by atoms with Crippen LogP contribution in [0.3, 0.4) is 0 Å². The highest BCUT2D eigenvalue weighted by Gasteiger charge is 2.40. The Labute approximate surface area is 238 Å². The average Bonchev–Trinajstić information content (AvgIpc) is 2.92. The SMILES string of the molecule is Cc1ccccc1[C@@H]1C[C@H](N2CCOCC2)CC[C@H]1C(=O)NC(c1ccc(Cl)cc1)C(C)C.O=C(O)C(F)(F)F. The molecule has 1 amide bonds. The van der Waals surface area contributed by atoms with Crippen molar-refractivity contribution < 1.29 is 32.6 Å². The third-order valence-electron chi connectivity index (χ3n) is 7.75. The van der Waals surface area contributed by atoms with E-state index in [9.17, 15) is 18.0 Å². The average molecular weight is 583 g/mol. The molecule has 2 aromatic carbocycles. The van der Waals surface area contributed by atoms with Crippen molar-refractivity contribution in [3.05, 3.63) is 70.2 Å². The summed E-state index contributed by atoms with van der Waals surface area (Å²) in [6.45, 7) is 10.1. The molecule has 4 atom stereocenters. The summed E-state index contributed by atoms with van der Waals surface area (Å²) in [6, 6.07) is 17.0. The number of hydrogen-bond donors (Lipinski definition) is 2. The van der Waals surface area contributed by atoms with E-state index in [4.69, 9.17) is 26.2 Å². The summed E-state index contributed by atoms with van der Waals surface area (Å²) in [5, 5.41) is 11.3. The topological polar surface area (TPSA) is 78.9 Å². The molecule has 2 aromatic rings. The van der Waals surface area contributed by atoms with Crippen molar-refractivity contribution >= 4 is 23.5 Å². The van der Waals surface area contributed by atoms with Crippen LogP contribution in [-0.2, 0) is 14.3 Å². The molecule has 0 aromatic heterocycles. The fourth-order valence-corrected chi connectivity index (χ4v) is 5.77. The Kier molecular flexibility index (Phi) is 11.4. The third-order valence-corrected chi connectivity index (χ3v) is 8.00. The van der Waals surface area contributed by atoms with Gasteiger partial charge in [-0.2, -0.15) is 13.2 Å². The highest BCUT2D eigenvalue weighted by molar-refractivity contribution is 6.30. The van der Waals surface area contributed by atoms with Crippen LogP contribution in [0.4, 0.5) is 13.2 Å². The number of carboxylic acid groups (broad SMARTS) is 1. The van der Waals surface area contributed by atoms with Crippen molar-refractivity contribution in [1.29, 1.82) is 0 Å². The number of rotatable bonds is 6. The summed E-state index contributed by atoms with van der Waals surface area (Å²) in [4.78, 5) is 25.2. The van der Waals surface area contributed by atoms with Gasteiger partial charge in [0.2, 0.25) is 5.91 Å². The Morgan fingerprint density at radius 2 is 1.65 bits per heavy atom. The fraction of sp³-hybridized carbons (Fsp3) is 0.533. The molecular weight excluding hydrogens is 545 g/mol. The van der Waals surface area contributed by atoms with Crippen molar-refractivity contribution in [1.82, 2.24) is 10.2 Å². The molecule has 1 unspecified atom stereocenters. The summed E-state index contributed by atoms with van der Waals surface area (Å²) in [6.07, 6.45) is -2.08. The molecule has 0 spiro atoms. The zero-order chi connectivity index (χ0) is 29.4. The number of alkyl halides is 3. The van der Waals surface area contributed by atoms with Gasteiger partial charge in [-0.05, 0) is 66.8 Å². The summed E-state index contributed by atoms with van der Waals surface area (Å²) in [5.41, 5.74) is 3.71. The molecule has 0 bridgehead atoms. The smallest absolute Gasteiger partial charge is 0.475 e. The summed E-state index contributed by atoms with van der Waals surface area (Å²) < 4.78 is 37.3. The third kappa shape index (κ3) is 8.69. The van der Waals surface area contributed by atoms with E-state index in [1.165, 1.54) is 11.1 Å². The van der Waals surface area contributed by atoms with Gasteiger partial charge in [-0.15, -0.1) is 0 Å². The zero-order valence-electron chi connectivity index (χ0n) is 23.1. The molecule has 1 heterocycles. The second-order valence-electron chi connectivity index (χ2n) is 10.8. The van der Waals surface area contributed by atoms with Crippen LogP contribution in [0.2, 0.25) is 5.02 Å². The minimum absolute atomic E-state index is 0.0167. The number of hydrogen-bond acceptors (Lipinski definition) is 4. The standard InChI is InChI=1S/C28H37ClN2O2.C2HF3O2/c1-19(2)27(21-8-10-22(29)11-9-21)30-28(32)25-13-12-23(31-14-16-33-17-15-31)18-26(25)24-7-5-4-6-20(24)3;3-2(4,5)1(6)7/h4-11,19,23,25-27H,12-18H2,1-3H3,(H,30,32);(H,6,7)/t23-,25-,26+,27?;/m1./s1. The molecule has 10 heteroatoms. The number of morpholine rings is 1. The van der Waals surface area contributed by atoms with E-state index in [0.717, 1.165) is 51.1 Å². The molecule has 1 saturated heterocycles. The van der Waals surface area contributed by atoms with Crippen LogP contribution in [0, 0.1) is 18.8 Å². The fourth-order valence-electron chi connectivity index (χ4n) is 5.65. The van der Waals surface area contributed by atoms with Crippen LogP contribution < -0.4 is 5.32 Å². The lowest BCUT2D eigenvalue weighted by Crippen LogP contribution is -2.48. The molecule has 0 radical (unpaired) electrons. The van der Waals surface area contributed by atoms with Crippen LogP contribution in [0.25, 0.3) is 0 Å². The van der Waals surface area contributed by atoms with Crippen molar-refractivity contribution in [3.63, 3.8) is 0 Å². The van der Waals surface area contributed by atoms with Gasteiger partial charge in [-0.1, -0.05) is 61.8 Å². The number of ether oxygens (including phenoxy) is 1. The van der Waals surface area contributed by atoms with Crippen LogP contribution >= 0.6 is 11.6 Å². The number of aliphatic carboxylic acids is 1. The van der Waals surface area contributed by atoms with E-state index < -0.39 is 12.1 Å². The number of amides is 1. The highest BCUT2D eigenvalue weighted by atomic mass is 35.5. The van der Waals surface area contributed by atoms with Gasteiger partial charge in [0.15, 0.2) is 0 Å². The van der Waals surface area contributed by atoms with Gasteiger partial charge in [0.05, 0.1) is 19.3 Å². The first-order chi connectivity index (χ1) is 18.9. The highest BCUT2D eigenvalue weighted by Crippen LogP contribution is 2.41. The normalized spacial score (nSPS) is 22.6. The Bertz CT molecular complexity index is 1120. The largest absolute Gasteiger partial charge is 0.490 e. The Morgan fingerprint density at radius 3 is 2.20 bits per heavy atom. The van der Waals surface area contributed by atoms with Crippen LogP contribution in [0.5, 0.6) is 0 Å². The first-order valence-corrected chi connectivity index (χ1v) is 14.0. The molecule has 2 aliphatic rings. The summed E-state index contributed by atoms with van der Waals surface area (Å²) in [7, 11) is 0. The first kappa shape index (κ1) is 31.9. The van der Waals surface area contributed by atoms with Gasteiger partial charge < -0.3 is 15.2 Å². The molecule has 6 nitrogen and oxygen atoms in total. The van der Waals surface area contributed by atoms with Gasteiger partial charge in [-0.25, -0.2) is 4.79 Å². The molecule has 1 aliphatic heterocycles.